The number of fused-ring (bicyclic) bond motifs is 1. The summed E-state index contributed by atoms with van der Waals surface area (Å²) in [7, 11) is -1.12. The van der Waals surface area contributed by atoms with Gasteiger partial charge in [-0.25, -0.2) is 12.7 Å². The highest BCUT2D eigenvalue weighted by Gasteiger charge is 2.47. The number of rotatable bonds is 5. The SMILES string of the molecule is COc1cc(OC)c2c(c1)C(=O)N(CC1CCC(C3CC3)O1)S2(=O)=O. The van der Waals surface area contributed by atoms with Crippen LogP contribution in [-0.4, -0.2) is 51.6 Å². The number of methoxy groups -OCH3 is 2. The molecule has 1 aromatic carbocycles. The zero-order valence-corrected chi connectivity index (χ0v) is 15.0. The first kappa shape index (κ1) is 16.7. The van der Waals surface area contributed by atoms with E-state index in [0.717, 1.165) is 17.1 Å². The summed E-state index contributed by atoms with van der Waals surface area (Å²) in [5.41, 5.74) is 0.0907. The fraction of sp³-hybridized carbons (Fsp3) is 0.588. The smallest absolute Gasteiger partial charge is 0.271 e. The molecule has 2 heterocycles. The second kappa shape index (κ2) is 5.88. The van der Waals surface area contributed by atoms with Crippen LogP contribution in [0.4, 0.5) is 0 Å². The van der Waals surface area contributed by atoms with Crippen LogP contribution in [0.3, 0.4) is 0 Å². The number of sulfonamides is 1. The normalized spacial score (nSPS) is 27.4. The van der Waals surface area contributed by atoms with Crippen LogP contribution in [0.15, 0.2) is 17.0 Å². The Balaban J connectivity index is 1.63. The molecule has 8 heteroatoms. The number of nitrogens with zero attached hydrogens (tertiary/aromatic N) is 1. The van der Waals surface area contributed by atoms with Crippen LogP contribution in [0, 0.1) is 5.92 Å². The van der Waals surface area contributed by atoms with Crippen LogP contribution in [0.25, 0.3) is 0 Å². The number of carbonyl (C=O) groups is 1. The molecule has 2 aliphatic heterocycles. The molecule has 0 aromatic heterocycles. The molecule has 25 heavy (non-hydrogen) atoms. The van der Waals surface area contributed by atoms with Crippen LogP contribution >= 0.6 is 0 Å². The Morgan fingerprint density at radius 3 is 2.56 bits per heavy atom. The Morgan fingerprint density at radius 2 is 1.92 bits per heavy atom. The predicted octanol–water partition coefficient (Wildman–Crippen LogP) is 1.81. The van der Waals surface area contributed by atoms with Gasteiger partial charge in [0.1, 0.15) is 16.4 Å². The molecular formula is C17H21NO6S. The van der Waals surface area contributed by atoms with Gasteiger partial charge in [-0.2, -0.15) is 0 Å². The molecule has 1 aromatic rings. The zero-order chi connectivity index (χ0) is 17.8. The molecule has 3 aliphatic rings. The Hall–Kier alpha value is -1.80. The van der Waals surface area contributed by atoms with Crippen molar-refractivity contribution >= 4 is 15.9 Å². The molecular weight excluding hydrogens is 346 g/mol. The van der Waals surface area contributed by atoms with Crippen molar-refractivity contribution in [2.45, 2.75) is 42.8 Å². The van der Waals surface area contributed by atoms with Crippen LogP contribution in [0.5, 0.6) is 11.5 Å². The van der Waals surface area contributed by atoms with Gasteiger partial charge >= 0.3 is 0 Å². The third-order valence-corrected chi connectivity index (χ3v) is 6.98. The number of hydrogen-bond donors (Lipinski definition) is 0. The Labute approximate surface area is 146 Å². The van der Waals surface area contributed by atoms with Gasteiger partial charge in [-0.15, -0.1) is 0 Å². The van der Waals surface area contributed by atoms with E-state index in [1.807, 2.05) is 0 Å². The lowest BCUT2D eigenvalue weighted by atomic mass is 10.1. The van der Waals surface area contributed by atoms with Crippen molar-refractivity contribution in [1.82, 2.24) is 4.31 Å². The second-order valence-corrected chi connectivity index (χ2v) is 8.56. The minimum atomic E-state index is -3.95. The van der Waals surface area contributed by atoms with Gasteiger partial charge in [0.2, 0.25) is 0 Å². The van der Waals surface area contributed by atoms with Crippen molar-refractivity contribution < 1.29 is 27.4 Å². The molecule has 0 spiro atoms. The molecule has 1 aliphatic carbocycles. The maximum absolute atomic E-state index is 12.9. The first-order valence-corrected chi connectivity index (χ1v) is 9.88. The van der Waals surface area contributed by atoms with Crippen molar-refractivity contribution in [3.05, 3.63) is 17.7 Å². The standard InChI is InChI=1S/C17H21NO6S/c1-22-12-7-13-16(15(8-12)23-2)25(20,21)18(17(13)19)9-11-5-6-14(24-11)10-3-4-10/h7-8,10-11,14H,3-6,9H2,1-2H3. The van der Waals surface area contributed by atoms with E-state index in [1.54, 1.807) is 0 Å². The van der Waals surface area contributed by atoms with Gasteiger partial charge in [-0.05, 0) is 37.7 Å². The van der Waals surface area contributed by atoms with Crippen LogP contribution < -0.4 is 9.47 Å². The summed E-state index contributed by atoms with van der Waals surface area (Å²) < 4.78 is 43.1. The largest absolute Gasteiger partial charge is 0.497 e. The zero-order valence-electron chi connectivity index (χ0n) is 14.2. The Morgan fingerprint density at radius 1 is 1.16 bits per heavy atom. The molecule has 1 saturated carbocycles. The Bertz CT molecular complexity index is 817. The molecule has 2 atom stereocenters. The monoisotopic (exact) mass is 367 g/mol. The van der Waals surface area contributed by atoms with Crippen molar-refractivity contribution in [1.29, 1.82) is 0 Å². The van der Waals surface area contributed by atoms with Crippen LogP contribution in [0.1, 0.15) is 36.0 Å². The summed E-state index contributed by atoms with van der Waals surface area (Å²) in [6.07, 6.45) is 4.04. The van der Waals surface area contributed by atoms with Gasteiger partial charge in [-0.1, -0.05) is 0 Å². The van der Waals surface area contributed by atoms with E-state index in [-0.39, 0.29) is 35.0 Å². The molecule has 4 rings (SSSR count). The molecule has 2 fully saturated rings. The molecule has 136 valence electrons. The van der Waals surface area contributed by atoms with E-state index in [4.69, 9.17) is 14.2 Å². The van der Waals surface area contributed by atoms with Gasteiger partial charge in [0.25, 0.3) is 15.9 Å². The number of hydrogen-bond acceptors (Lipinski definition) is 6. The van der Waals surface area contributed by atoms with Crippen molar-refractivity contribution in [3.8, 4) is 11.5 Å². The van der Waals surface area contributed by atoms with E-state index in [0.29, 0.717) is 11.7 Å². The lowest BCUT2D eigenvalue weighted by Crippen LogP contribution is -2.37. The van der Waals surface area contributed by atoms with Gasteiger partial charge < -0.3 is 14.2 Å². The van der Waals surface area contributed by atoms with Crippen molar-refractivity contribution in [3.63, 3.8) is 0 Å². The van der Waals surface area contributed by atoms with Gasteiger partial charge in [0.05, 0.1) is 38.5 Å². The lowest BCUT2D eigenvalue weighted by Gasteiger charge is -2.20. The summed E-state index contributed by atoms with van der Waals surface area (Å²) in [4.78, 5) is 12.7. The highest BCUT2D eigenvalue weighted by molar-refractivity contribution is 7.90. The van der Waals surface area contributed by atoms with Gasteiger partial charge in [0, 0.05) is 6.07 Å². The number of amides is 1. The molecule has 1 amide bonds. The number of ether oxygens (including phenoxy) is 3. The molecule has 0 N–H and O–H groups in total. The number of benzene rings is 1. The summed E-state index contributed by atoms with van der Waals surface area (Å²) in [6, 6.07) is 2.92. The van der Waals surface area contributed by atoms with E-state index in [1.165, 1.54) is 39.2 Å². The van der Waals surface area contributed by atoms with E-state index < -0.39 is 15.9 Å². The van der Waals surface area contributed by atoms with Crippen molar-refractivity contribution in [2.75, 3.05) is 20.8 Å². The maximum Gasteiger partial charge on any atom is 0.271 e. The van der Waals surface area contributed by atoms with Gasteiger partial charge in [0.15, 0.2) is 0 Å². The fourth-order valence-electron chi connectivity index (χ4n) is 3.67. The van der Waals surface area contributed by atoms with Gasteiger partial charge in [-0.3, -0.25) is 4.79 Å². The first-order chi connectivity index (χ1) is 12.0. The van der Waals surface area contributed by atoms with Crippen LogP contribution in [0.2, 0.25) is 0 Å². The molecule has 1 saturated heterocycles. The summed E-state index contributed by atoms with van der Waals surface area (Å²) in [5, 5.41) is 0. The average Bonchev–Trinajstić information content (AvgIpc) is 3.32. The lowest BCUT2D eigenvalue weighted by molar-refractivity contribution is 0.0237. The highest BCUT2D eigenvalue weighted by Crippen LogP contribution is 2.43. The summed E-state index contributed by atoms with van der Waals surface area (Å²) in [6.45, 7) is 0.0462. The molecule has 0 radical (unpaired) electrons. The van der Waals surface area contributed by atoms with E-state index in [2.05, 4.69) is 0 Å². The summed E-state index contributed by atoms with van der Waals surface area (Å²) >= 11 is 0. The number of carbonyl (C=O) groups excluding carboxylic acids is 1. The molecule has 7 nitrogen and oxygen atoms in total. The van der Waals surface area contributed by atoms with Crippen LogP contribution in [-0.2, 0) is 14.8 Å². The fourth-order valence-corrected chi connectivity index (χ4v) is 5.39. The minimum Gasteiger partial charge on any atom is -0.497 e. The minimum absolute atomic E-state index is 0.0462. The third kappa shape index (κ3) is 2.67. The predicted molar refractivity (Wildman–Crippen MR) is 88.4 cm³/mol. The van der Waals surface area contributed by atoms with E-state index in [9.17, 15) is 13.2 Å². The molecule has 0 bridgehead atoms. The topological polar surface area (TPSA) is 82.1 Å². The Kier molecular flexibility index (Phi) is 3.92. The quantitative estimate of drug-likeness (QED) is 0.789. The second-order valence-electron chi connectivity index (χ2n) is 6.76. The molecule has 2 unspecified atom stereocenters. The maximum atomic E-state index is 12.9. The van der Waals surface area contributed by atoms with E-state index >= 15 is 0 Å². The van der Waals surface area contributed by atoms with Crippen molar-refractivity contribution in [2.24, 2.45) is 5.92 Å². The summed E-state index contributed by atoms with van der Waals surface area (Å²) in [5.74, 6) is 0.559. The highest BCUT2D eigenvalue weighted by atomic mass is 32.2. The average molecular weight is 367 g/mol. The third-order valence-electron chi connectivity index (χ3n) is 5.15. The first-order valence-electron chi connectivity index (χ1n) is 8.44.